The van der Waals surface area contributed by atoms with Gasteiger partial charge in [-0.05, 0) is 47.9 Å². The molecule has 0 saturated carbocycles. The quantitative estimate of drug-likeness (QED) is 0.568. The van der Waals surface area contributed by atoms with E-state index in [1.54, 1.807) is 43.5 Å². The van der Waals surface area contributed by atoms with Gasteiger partial charge in [-0.25, -0.2) is 4.79 Å². The van der Waals surface area contributed by atoms with Gasteiger partial charge in [0.1, 0.15) is 11.5 Å². The van der Waals surface area contributed by atoms with Crippen LogP contribution >= 0.6 is 0 Å². The molecule has 0 unspecified atom stereocenters. The van der Waals surface area contributed by atoms with Crippen molar-refractivity contribution in [3.05, 3.63) is 59.7 Å². The molecule has 5 heteroatoms. The molecule has 0 heterocycles. The monoisotopic (exact) mass is 342 g/mol. The van der Waals surface area contributed by atoms with Crippen molar-refractivity contribution in [2.45, 2.75) is 20.3 Å². The maximum Gasteiger partial charge on any atom is 0.338 e. The van der Waals surface area contributed by atoms with Gasteiger partial charge in [-0.1, -0.05) is 26.0 Å². The first-order chi connectivity index (χ1) is 12.0. The van der Waals surface area contributed by atoms with Crippen molar-refractivity contribution >= 4 is 11.9 Å². The molecule has 0 aromatic heterocycles. The zero-order valence-corrected chi connectivity index (χ0v) is 14.7. The molecule has 0 aliphatic carbocycles. The lowest BCUT2D eigenvalue weighted by atomic mass is 10.1. The number of esters is 2. The van der Waals surface area contributed by atoms with Crippen LogP contribution in [-0.4, -0.2) is 25.7 Å². The summed E-state index contributed by atoms with van der Waals surface area (Å²) in [7, 11) is 1.59. The summed E-state index contributed by atoms with van der Waals surface area (Å²) in [5.41, 5.74) is 1.26. The Morgan fingerprint density at radius 1 is 0.920 bits per heavy atom. The number of hydrogen-bond acceptors (Lipinski definition) is 5. The van der Waals surface area contributed by atoms with Crippen LogP contribution in [0.5, 0.6) is 11.5 Å². The number of benzene rings is 2. The van der Waals surface area contributed by atoms with Gasteiger partial charge in [-0.15, -0.1) is 0 Å². The van der Waals surface area contributed by atoms with Crippen molar-refractivity contribution in [1.29, 1.82) is 0 Å². The Kier molecular flexibility index (Phi) is 6.57. The standard InChI is InChI=1S/C20H22O5/c1-14(2)13-24-20(22)16-6-10-18(11-7-16)25-19(21)12-15-4-8-17(23-3)9-5-15/h4-11,14H,12-13H2,1-3H3. The van der Waals surface area contributed by atoms with Gasteiger partial charge in [0.05, 0.1) is 25.7 Å². The van der Waals surface area contributed by atoms with E-state index in [0.717, 1.165) is 11.3 Å². The lowest BCUT2D eigenvalue weighted by Crippen LogP contribution is -2.12. The largest absolute Gasteiger partial charge is 0.497 e. The molecule has 2 rings (SSSR count). The fourth-order valence-electron chi connectivity index (χ4n) is 2.06. The normalized spacial score (nSPS) is 10.4. The van der Waals surface area contributed by atoms with Crippen LogP contribution in [0.25, 0.3) is 0 Å². The minimum absolute atomic E-state index is 0.155. The maximum absolute atomic E-state index is 12.0. The van der Waals surface area contributed by atoms with E-state index in [4.69, 9.17) is 14.2 Å². The lowest BCUT2D eigenvalue weighted by molar-refractivity contribution is -0.133. The smallest absolute Gasteiger partial charge is 0.338 e. The molecule has 2 aromatic rings. The van der Waals surface area contributed by atoms with Crippen LogP contribution in [0.15, 0.2) is 48.5 Å². The Hall–Kier alpha value is -2.82. The van der Waals surface area contributed by atoms with E-state index in [2.05, 4.69) is 0 Å². The zero-order chi connectivity index (χ0) is 18.2. The Balaban J connectivity index is 1.89. The summed E-state index contributed by atoms with van der Waals surface area (Å²) >= 11 is 0. The summed E-state index contributed by atoms with van der Waals surface area (Å²) in [6.45, 7) is 4.31. The topological polar surface area (TPSA) is 61.8 Å². The highest BCUT2D eigenvalue weighted by molar-refractivity contribution is 5.89. The van der Waals surface area contributed by atoms with E-state index >= 15 is 0 Å². The van der Waals surface area contributed by atoms with E-state index in [1.807, 2.05) is 26.0 Å². The minimum atomic E-state index is -0.384. The fraction of sp³-hybridized carbons (Fsp3) is 0.300. The first-order valence-corrected chi connectivity index (χ1v) is 8.08. The highest BCUT2D eigenvalue weighted by Crippen LogP contribution is 2.16. The van der Waals surface area contributed by atoms with Crippen molar-refractivity contribution < 1.29 is 23.8 Å². The van der Waals surface area contributed by atoms with E-state index in [1.165, 1.54) is 0 Å². The van der Waals surface area contributed by atoms with Crippen LogP contribution in [0.2, 0.25) is 0 Å². The second-order valence-electron chi connectivity index (χ2n) is 6.02. The first kappa shape index (κ1) is 18.5. The summed E-state index contributed by atoms with van der Waals surface area (Å²) in [5.74, 6) is 0.642. The number of carbonyl (C=O) groups excluding carboxylic acids is 2. The van der Waals surface area contributed by atoms with Gasteiger partial charge in [0.15, 0.2) is 0 Å². The lowest BCUT2D eigenvalue weighted by Gasteiger charge is -2.08. The van der Waals surface area contributed by atoms with Crippen LogP contribution in [0, 0.1) is 5.92 Å². The Morgan fingerprint density at radius 2 is 1.52 bits per heavy atom. The van der Waals surface area contributed by atoms with Crippen LogP contribution in [0.3, 0.4) is 0 Å². The van der Waals surface area contributed by atoms with Crippen LogP contribution in [0.4, 0.5) is 0 Å². The molecule has 0 spiro atoms. The summed E-state index contributed by atoms with van der Waals surface area (Å²) < 4.78 is 15.5. The predicted octanol–water partition coefficient (Wildman–Crippen LogP) is 3.66. The second kappa shape index (κ2) is 8.87. The van der Waals surface area contributed by atoms with E-state index in [-0.39, 0.29) is 24.3 Å². The molecule has 25 heavy (non-hydrogen) atoms. The van der Waals surface area contributed by atoms with Gasteiger partial charge >= 0.3 is 11.9 Å². The van der Waals surface area contributed by atoms with Gasteiger partial charge < -0.3 is 14.2 Å². The van der Waals surface area contributed by atoms with Crippen molar-refractivity contribution in [2.24, 2.45) is 5.92 Å². The third-order valence-electron chi connectivity index (χ3n) is 3.38. The van der Waals surface area contributed by atoms with E-state index in [0.29, 0.717) is 17.9 Å². The molecule has 0 N–H and O–H groups in total. The van der Waals surface area contributed by atoms with Crippen molar-refractivity contribution in [1.82, 2.24) is 0 Å². The second-order valence-corrected chi connectivity index (χ2v) is 6.02. The van der Waals surface area contributed by atoms with Crippen molar-refractivity contribution in [2.75, 3.05) is 13.7 Å². The number of carbonyl (C=O) groups is 2. The summed E-state index contributed by atoms with van der Waals surface area (Å²) in [6.07, 6.45) is 0.155. The first-order valence-electron chi connectivity index (χ1n) is 8.08. The highest BCUT2D eigenvalue weighted by Gasteiger charge is 2.10. The van der Waals surface area contributed by atoms with Crippen LogP contribution < -0.4 is 9.47 Å². The Labute approximate surface area is 147 Å². The Bertz CT molecular complexity index is 702. The third kappa shape index (κ3) is 5.95. The summed E-state index contributed by atoms with van der Waals surface area (Å²) in [5, 5.41) is 0. The molecule has 0 bridgehead atoms. The maximum atomic E-state index is 12.0. The molecule has 0 atom stereocenters. The van der Waals surface area contributed by atoms with Gasteiger partial charge in [0, 0.05) is 0 Å². The number of hydrogen-bond donors (Lipinski definition) is 0. The molecule has 0 amide bonds. The van der Waals surface area contributed by atoms with E-state index in [9.17, 15) is 9.59 Å². The minimum Gasteiger partial charge on any atom is -0.497 e. The predicted molar refractivity (Wildman–Crippen MR) is 93.9 cm³/mol. The van der Waals surface area contributed by atoms with Crippen molar-refractivity contribution in [3.8, 4) is 11.5 Å². The molecule has 0 radical (unpaired) electrons. The summed E-state index contributed by atoms with van der Waals surface area (Å²) in [6, 6.07) is 13.5. The molecule has 5 nitrogen and oxygen atoms in total. The molecular formula is C20H22O5. The number of methoxy groups -OCH3 is 1. The molecule has 0 saturated heterocycles. The highest BCUT2D eigenvalue weighted by atomic mass is 16.5. The molecular weight excluding hydrogens is 320 g/mol. The van der Waals surface area contributed by atoms with Gasteiger partial charge in [0.25, 0.3) is 0 Å². The fourth-order valence-corrected chi connectivity index (χ4v) is 2.06. The molecule has 0 fully saturated rings. The average Bonchev–Trinajstić information content (AvgIpc) is 2.61. The third-order valence-corrected chi connectivity index (χ3v) is 3.38. The Morgan fingerprint density at radius 3 is 2.08 bits per heavy atom. The average molecular weight is 342 g/mol. The molecule has 0 aliphatic heterocycles. The van der Waals surface area contributed by atoms with Crippen molar-refractivity contribution in [3.63, 3.8) is 0 Å². The summed E-state index contributed by atoms with van der Waals surface area (Å²) in [4.78, 5) is 23.8. The number of ether oxygens (including phenoxy) is 3. The van der Waals surface area contributed by atoms with Crippen LogP contribution in [0.1, 0.15) is 29.8 Å². The molecule has 132 valence electrons. The zero-order valence-electron chi connectivity index (χ0n) is 14.7. The van der Waals surface area contributed by atoms with Crippen LogP contribution in [-0.2, 0) is 16.0 Å². The van der Waals surface area contributed by atoms with Gasteiger partial charge in [-0.2, -0.15) is 0 Å². The SMILES string of the molecule is COc1ccc(CC(=O)Oc2ccc(C(=O)OCC(C)C)cc2)cc1. The van der Waals surface area contributed by atoms with Gasteiger partial charge in [-0.3, -0.25) is 4.79 Å². The molecule has 2 aromatic carbocycles. The van der Waals surface area contributed by atoms with E-state index < -0.39 is 0 Å². The number of rotatable bonds is 7. The molecule has 0 aliphatic rings. The van der Waals surface area contributed by atoms with Gasteiger partial charge in [0.2, 0.25) is 0 Å².